The van der Waals surface area contributed by atoms with Crippen LogP contribution in [0.5, 0.6) is 0 Å². The smallest absolute Gasteiger partial charge is 0.243 e. The van der Waals surface area contributed by atoms with Crippen molar-refractivity contribution in [2.24, 2.45) is 0 Å². The zero-order valence-electron chi connectivity index (χ0n) is 13.6. The summed E-state index contributed by atoms with van der Waals surface area (Å²) in [6.07, 6.45) is 4.92. The third-order valence-electron chi connectivity index (χ3n) is 4.12. The molecule has 0 unspecified atom stereocenters. The SMILES string of the molecule is O=C(/C=C/c1cccc(Cl)c1)c1ccc(S(=O)(=O)N2CCCC2)cc1. The number of hydrogen-bond acceptors (Lipinski definition) is 3. The lowest BCUT2D eigenvalue weighted by molar-refractivity contribution is 0.104. The molecule has 25 heavy (non-hydrogen) atoms. The third kappa shape index (κ3) is 4.18. The Hall–Kier alpha value is -1.95. The van der Waals surface area contributed by atoms with Gasteiger partial charge in [-0.25, -0.2) is 8.42 Å². The second-order valence-electron chi connectivity index (χ2n) is 5.89. The number of ketones is 1. The monoisotopic (exact) mass is 375 g/mol. The number of sulfonamides is 1. The highest BCUT2D eigenvalue weighted by Crippen LogP contribution is 2.21. The van der Waals surface area contributed by atoms with E-state index in [1.807, 2.05) is 12.1 Å². The van der Waals surface area contributed by atoms with E-state index in [0.29, 0.717) is 23.7 Å². The van der Waals surface area contributed by atoms with E-state index in [1.54, 1.807) is 30.3 Å². The van der Waals surface area contributed by atoms with Gasteiger partial charge >= 0.3 is 0 Å². The predicted molar refractivity (Wildman–Crippen MR) is 99.3 cm³/mol. The van der Waals surface area contributed by atoms with Crippen molar-refractivity contribution in [1.82, 2.24) is 4.31 Å². The van der Waals surface area contributed by atoms with Crippen LogP contribution in [0.2, 0.25) is 5.02 Å². The van der Waals surface area contributed by atoms with Gasteiger partial charge in [-0.2, -0.15) is 4.31 Å². The van der Waals surface area contributed by atoms with Crippen LogP contribution in [0.3, 0.4) is 0 Å². The van der Waals surface area contributed by atoms with Gasteiger partial charge < -0.3 is 0 Å². The highest BCUT2D eigenvalue weighted by molar-refractivity contribution is 7.89. The Bertz CT molecular complexity index is 899. The zero-order valence-corrected chi connectivity index (χ0v) is 15.1. The van der Waals surface area contributed by atoms with E-state index in [9.17, 15) is 13.2 Å². The Morgan fingerprint density at radius 1 is 1.04 bits per heavy atom. The number of carbonyl (C=O) groups is 1. The van der Waals surface area contributed by atoms with Crippen LogP contribution in [0, 0.1) is 0 Å². The Morgan fingerprint density at radius 2 is 1.72 bits per heavy atom. The fraction of sp³-hybridized carbons (Fsp3) is 0.211. The molecular weight excluding hydrogens is 358 g/mol. The van der Waals surface area contributed by atoms with Gasteiger partial charge in [-0.1, -0.05) is 29.8 Å². The van der Waals surface area contributed by atoms with E-state index in [0.717, 1.165) is 18.4 Å². The minimum Gasteiger partial charge on any atom is -0.289 e. The molecule has 2 aromatic rings. The van der Waals surface area contributed by atoms with Gasteiger partial charge in [0.1, 0.15) is 0 Å². The Labute approximate surface area is 152 Å². The molecule has 0 atom stereocenters. The number of rotatable bonds is 5. The van der Waals surface area contributed by atoms with Gasteiger partial charge in [0.15, 0.2) is 5.78 Å². The molecule has 1 aliphatic rings. The second kappa shape index (κ2) is 7.52. The van der Waals surface area contributed by atoms with Crippen LogP contribution < -0.4 is 0 Å². The standard InChI is InChI=1S/C19H18ClNO3S/c20-17-5-3-4-15(14-17)6-11-19(22)16-7-9-18(10-8-16)25(23,24)21-12-1-2-13-21/h3-11,14H,1-2,12-13H2/b11-6+. The van der Waals surface area contributed by atoms with Crippen molar-refractivity contribution in [1.29, 1.82) is 0 Å². The van der Waals surface area contributed by atoms with E-state index in [2.05, 4.69) is 0 Å². The molecule has 0 spiro atoms. The normalized spacial score (nSPS) is 15.7. The van der Waals surface area contributed by atoms with Crippen molar-refractivity contribution in [3.8, 4) is 0 Å². The zero-order chi connectivity index (χ0) is 17.9. The summed E-state index contributed by atoms with van der Waals surface area (Å²) in [5.74, 6) is -0.190. The first-order valence-electron chi connectivity index (χ1n) is 8.05. The van der Waals surface area contributed by atoms with Gasteiger partial charge in [0, 0.05) is 23.7 Å². The number of nitrogens with zero attached hydrogens (tertiary/aromatic N) is 1. The van der Waals surface area contributed by atoms with Crippen LogP contribution in [0.4, 0.5) is 0 Å². The molecule has 0 saturated carbocycles. The van der Waals surface area contributed by atoms with Crippen LogP contribution in [0.1, 0.15) is 28.8 Å². The topological polar surface area (TPSA) is 54.5 Å². The van der Waals surface area contributed by atoms with Gasteiger partial charge in [-0.3, -0.25) is 4.79 Å². The van der Waals surface area contributed by atoms with Gasteiger partial charge in [-0.05, 0) is 60.9 Å². The summed E-state index contributed by atoms with van der Waals surface area (Å²) in [4.78, 5) is 12.5. The summed E-state index contributed by atoms with van der Waals surface area (Å²) in [5, 5.41) is 0.603. The lowest BCUT2D eigenvalue weighted by Gasteiger charge is -2.15. The van der Waals surface area contributed by atoms with E-state index >= 15 is 0 Å². The number of benzene rings is 2. The number of allylic oxidation sites excluding steroid dienone is 1. The molecule has 0 aliphatic carbocycles. The average Bonchev–Trinajstić information content (AvgIpc) is 3.15. The Kier molecular flexibility index (Phi) is 5.37. The lowest BCUT2D eigenvalue weighted by Crippen LogP contribution is -2.27. The molecule has 1 heterocycles. The van der Waals surface area contributed by atoms with E-state index in [1.165, 1.54) is 22.5 Å². The molecule has 1 fully saturated rings. The van der Waals surface area contributed by atoms with Gasteiger partial charge in [-0.15, -0.1) is 0 Å². The lowest BCUT2D eigenvalue weighted by atomic mass is 10.1. The van der Waals surface area contributed by atoms with Gasteiger partial charge in [0.05, 0.1) is 4.90 Å². The third-order valence-corrected chi connectivity index (χ3v) is 6.27. The fourth-order valence-corrected chi connectivity index (χ4v) is 4.46. The Balaban J connectivity index is 1.74. The predicted octanol–water partition coefficient (Wildman–Crippen LogP) is 4.02. The quantitative estimate of drug-likeness (QED) is 0.585. The summed E-state index contributed by atoms with van der Waals surface area (Å²) in [6.45, 7) is 1.12. The summed E-state index contributed by atoms with van der Waals surface area (Å²) in [6, 6.07) is 13.3. The minimum absolute atomic E-state index is 0.190. The molecule has 0 aromatic heterocycles. The van der Waals surface area contributed by atoms with E-state index in [-0.39, 0.29) is 10.7 Å². The number of carbonyl (C=O) groups excluding carboxylic acids is 1. The van der Waals surface area contributed by atoms with E-state index < -0.39 is 10.0 Å². The molecular formula is C19H18ClNO3S. The number of hydrogen-bond donors (Lipinski definition) is 0. The molecule has 2 aromatic carbocycles. The summed E-state index contributed by atoms with van der Waals surface area (Å²) in [7, 11) is -3.45. The first kappa shape index (κ1) is 17.9. The van der Waals surface area contributed by atoms with Crippen molar-refractivity contribution in [3.05, 3.63) is 70.8 Å². The van der Waals surface area contributed by atoms with Gasteiger partial charge in [0.2, 0.25) is 10.0 Å². The summed E-state index contributed by atoms with van der Waals surface area (Å²) < 4.78 is 26.4. The first-order chi connectivity index (χ1) is 12.0. The highest BCUT2D eigenvalue weighted by atomic mass is 35.5. The average molecular weight is 376 g/mol. The maximum Gasteiger partial charge on any atom is 0.243 e. The Morgan fingerprint density at radius 3 is 2.36 bits per heavy atom. The van der Waals surface area contributed by atoms with Crippen molar-refractivity contribution in [3.63, 3.8) is 0 Å². The fourth-order valence-electron chi connectivity index (χ4n) is 2.75. The van der Waals surface area contributed by atoms with Crippen molar-refractivity contribution >= 4 is 33.5 Å². The second-order valence-corrected chi connectivity index (χ2v) is 8.26. The molecule has 0 N–H and O–H groups in total. The molecule has 3 rings (SSSR count). The van der Waals surface area contributed by atoms with Crippen molar-refractivity contribution in [2.75, 3.05) is 13.1 Å². The molecule has 130 valence electrons. The van der Waals surface area contributed by atoms with Crippen LogP contribution in [0.25, 0.3) is 6.08 Å². The highest BCUT2D eigenvalue weighted by Gasteiger charge is 2.26. The van der Waals surface area contributed by atoms with Gasteiger partial charge in [0.25, 0.3) is 0 Å². The molecule has 1 saturated heterocycles. The largest absolute Gasteiger partial charge is 0.289 e. The maximum absolute atomic E-state index is 12.5. The van der Waals surface area contributed by atoms with E-state index in [4.69, 9.17) is 11.6 Å². The molecule has 1 aliphatic heterocycles. The van der Waals surface area contributed by atoms with Crippen molar-refractivity contribution < 1.29 is 13.2 Å². The molecule has 0 radical (unpaired) electrons. The van der Waals surface area contributed by atoms with Crippen LogP contribution in [0.15, 0.2) is 59.5 Å². The molecule has 4 nitrogen and oxygen atoms in total. The molecule has 6 heteroatoms. The molecule has 0 amide bonds. The van der Waals surface area contributed by atoms with Crippen molar-refractivity contribution in [2.45, 2.75) is 17.7 Å². The minimum atomic E-state index is -3.45. The molecule has 0 bridgehead atoms. The van der Waals surface area contributed by atoms with Crippen LogP contribution >= 0.6 is 11.6 Å². The van der Waals surface area contributed by atoms with Crippen LogP contribution in [-0.2, 0) is 10.0 Å². The van der Waals surface area contributed by atoms with Crippen LogP contribution in [-0.4, -0.2) is 31.6 Å². The summed E-state index contributed by atoms with van der Waals surface area (Å²) in [5.41, 5.74) is 1.27. The summed E-state index contributed by atoms with van der Waals surface area (Å²) >= 11 is 5.91. The maximum atomic E-state index is 12.5. The first-order valence-corrected chi connectivity index (χ1v) is 9.87. The number of halogens is 1.